The normalized spacial score (nSPS) is 17.4. The van der Waals surface area contributed by atoms with Gasteiger partial charge in [-0.05, 0) is 45.9 Å². The van der Waals surface area contributed by atoms with E-state index in [1.807, 2.05) is 4.90 Å². The maximum absolute atomic E-state index is 13.9. The smallest absolute Gasteiger partial charge is 0.191 e. The van der Waals surface area contributed by atoms with Crippen molar-refractivity contribution in [3.8, 4) is 0 Å². The predicted molar refractivity (Wildman–Crippen MR) is 122 cm³/mol. The van der Waals surface area contributed by atoms with Gasteiger partial charge in [-0.1, -0.05) is 6.92 Å². The predicted octanol–water partition coefficient (Wildman–Crippen LogP) is 2.70. The van der Waals surface area contributed by atoms with E-state index in [0.717, 1.165) is 51.6 Å². The average Bonchev–Trinajstić information content (AvgIpc) is 3.07. The fourth-order valence-electron chi connectivity index (χ4n) is 3.27. The molecule has 1 fully saturated rings. The van der Waals surface area contributed by atoms with Crippen molar-refractivity contribution in [2.24, 2.45) is 4.99 Å². The summed E-state index contributed by atoms with van der Waals surface area (Å²) < 4.78 is 13.9. The van der Waals surface area contributed by atoms with Crippen molar-refractivity contribution in [1.29, 1.82) is 0 Å². The molecule has 27 heavy (non-hydrogen) atoms. The molecule has 2 heterocycles. The van der Waals surface area contributed by atoms with E-state index in [0.29, 0.717) is 11.9 Å². The number of rotatable bonds is 8. The molecule has 0 spiro atoms. The summed E-state index contributed by atoms with van der Waals surface area (Å²) in [6.07, 6.45) is 2.58. The molecule has 2 rings (SSSR count). The second kappa shape index (κ2) is 12.3. The molecule has 6 nitrogen and oxygen atoms in total. The van der Waals surface area contributed by atoms with Crippen molar-refractivity contribution in [3.63, 3.8) is 0 Å². The molecule has 0 saturated carbocycles. The third-order valence-corrected chi connectivity index (χ3v) is 4.71. The first-order chi connectivity index (χ1) is 12.5. The fraction of sp³-hybridized carbons (Fsp3) is 0.684. The molecule has 1 aromatic heterocycles. The molecule has 154 valence electrons. The number of nitrogens with one attached hydrogen (secondary N) is 2. The van der Waals surface area contributed by atoms with E-state index in [1.165, 1.54) is 6.07 Å². The zero-order valence-corrected chi connectivity index (χ0v) is 19.2. The molecular weight excluding hydrogens is 458 g/mol. The van der Waals surface area contributed by atoms with Crippen LogP contribution in [0.25, 0.3) is 0 Å². The first-order valence-corrected chi connectivity index (χ1v) is 9.69. The Morgan fingerprint density at radius 2 is 2.22 bits per heavy atom. The minimum atomic E-state index is -0.262. The molecular formula is C19H34FIN6. The van der Waals surface area contributed by atoms with Crippen molar-refractivity contribution >= 4 is 35.8 Å². The van der Waals surface area contributed by atoms with Crippen LogP contribution in [0, 0.1) is 5.82 Å². The number of hydrogen-bond acceptors (Lipinski definition) is 4. The highest BCUT2D eigenvalue weighted by Crippen LogP contribution is 2.20. The second-order valence-electron chi connectivity index (χ2n) is 6.87. The second-order valence-corrected chi connectivity index (χ2v) is 6.87. The minimum absolute atomic E-state index is 0. The molecule has 0 aromatic carbocycles. The van der Waals surface area contributed by atoms with Crippen molar-refractivity contribution in [3.05, 3.63) is 24.1 Å². The lowest BCUT2D eigenvalue weighted by Crippen LogP contribution is -2.45. The van der Waals surface area contributed by atoms with Crippen LogP contribution in [0.1, 0.15) is 34.1 Å². The summed E-state index contributed by atoms with van der Waals surface area (Å²) in [5.41, 5.74) is 0. The zero-order chi connectivity index (χ0) is 18.9. The number of aromatic nitrogens is 1. The molecule has 0 bridgehead atoms. The molecule has 2 N–H and O–H groups in total. The van der Waals surface area contributed by atoms with Crippen LogP contribution >= 0.6 is 24.0 Å². The maximum Gasteiger partial charge on any atom is 0.191 e. The molecule has 8 heteroatoms. The minimum Gasteiger partial charge on any atom is -0.357 e. The zero-order valence-electron chi connectivity index (χ0n) is 16.9. The number of aliphatic imine (C=N–C) groups is 1. The summed E-state index contributed by atoms with van der Waals surface area (Å²) in [4.78, 5) is 13.3. The maximum atomic E-state index is 13.9. The molecule has 1 unspecified atom stereocenters. The monoisotopic (exact) mass is 492 g/mol. The summed E-state index contributed by atoms with van der Waals surface area (Å²) in [5.74, 6) is 1.01. The molecule has 0 aliphatic carbocycles. The van der Waals surface area contributed by atoms with Crippen LogP contribution in [0.4, 0.5) is 10.2 Å². The summed E-state index contributed by atoms with van der Waals surface area (Å²) in [7, 11) is 0. The van der Waals surface area contributed by atoms with Crippen LogP contribution in [0.3, 0.4) is 0 Å². The van der Waals surface area contributed by atoms with E-state index in [4.69, 9.17) is 4.99 Å². The van der Waals surface area contributed by atoms with E-state index in [1.54, 1.807) is 12.3 Å². The topological polar surface area (TPSA) is 55.8 Å². The van der Waals surface area contributed by atoms with E-state index >= 15 is 0 Å². The van der Waals surface area contributed by atoms with Crippen LogP contribution in [-0.4, -0.2) is 67.2 Å². The lowest BCUT2D eigenvalue weighted by Gasteiger charge is -2.24. The number of guanidine groups is 1. The summed E-state index contributed by atoms with van der Waals surface area (Å²) in [6.45, 7) is 13.7. The van der Waals surface area contributed by atoms with Crippen molar-refractivity contribution < 1.29 is 4.39 Å². The van der Waals surface area contributed by atoms with E-state index in [2.05, 4.69) is 48.2 Å². The van der Waals surface area contributed by atoms with Gasteiger partial charge in [0.05, 0.1) is 6.54 Å². The van der Waals surface area contributed by atoms with Gasteiger partial charge in [0.2, 0.25) is 0 Å². The highest BCUT2D eigenvalue weighted by molar-refractivity contribution is 14.0. The van der Waals surface area contributed by atoms with Gasteiger partial charge < -0.3 is 15.5 Å². The molecule has 1 aliphatic heterocycles. The fourth-order valence-corrected chi connectivity index (χ4v) is 3.27. The lowest BCUT2D eigenvalue weighted by atomic mass is 10.3. The third-order valence-electron chi connectivity index (χ3n) is 4.71. The summed E-state index contributed by atoms with van der Waals surface area (Å²) in [5, 5.41) is 6.79. The van der Waals surface area contributed by atoms with Gasteiger partial charge in [-0.15, -0.1) is 24.0 Å². The van der Waals surface area contributed by atoms with Gasteiger partial charge in [-0.2, -0.15) is 0 Å². The van der Waals surface area contributed by atoms with E-state index in [-0.39, 0.29) is 35.8 Å². The van der Waals surface area contributed by atoms with Crippen LogP contribution in [0.2, 0.25) is 0 Å². The lowest BCUT2D eigenvalue weighted by molar-refractivity contribution is 0.240. The van der Waals surface area contributed by atoms with Gasteiger partial charge in [0.15, 0.2) is 17.6 Å². The largest absolute Gasteiger partial charge is 0.357 e. The first-order valence-electron chi connectivity index (χ1n) is 9.69. The Balaban J connectivity index is 0.00000364. The number of pyridine rings is 1. The van der Waals surface area contributed by atoms with Crippen LogP contribution < -0.4 is 15.5 Å². The highest BCUT2D eigenvalue weighted by atomic mass is 127. The number of halogens is 2. The quantitative estimate of drug-likeness (QED) is 0.332. The Hall–Kier alpha value is -1.16. The van der Waals surface area contributed by atoms with Crippen molar-refractivity contribution in [2.45, 2.75) is 46.2 Å². The standard InChI is InChI=1S/C19H33FN6.HI/c1-5-21-19(23-11-13-25(6-2)15(3)4)24-16-9-12-26(14-16)18-17(20)8-7-10-22-18;/h7-8,10,15-16H,5-6,9,11-14H2,1-4H3,(H2,21,23,24);1H. The van der Waals surface area contributed by atoms with Crippen LogP contribution in [0.5, 0.6) is 0 Å². The van der Waals surface area contributed by atoms with Crippen LogP contribution in [0.15, 0.2) is 23.3 Å². The average molecular weight is 492 g/mol. The highest BCUT2D eigenvalue weighted by Gasteiger charge is 2.25. The Kier molecular flexibility index (Phi) is 10.9. The van der Waals surface area contributed by atoms with Gasteiger partial charge in [0.1, 0.15) is 0 Å². The Labute approximate surface area is 180 Å². The molecule has 1 aliphatic rings. The molecule has 1 aromatic rings. The number of likely N-dealkylation sites (N-methyl/N-ethyl adjacent to an activating group) is 1. The van der Waals surface area contributed by atoms with Gasteiger partial charge in [0.25, 0.3) is 0 Å². The first kappa shape index (κ1) is 23.9. The van der Waals surface area contributed by atoms with Gasteiger partial charge >= 0.3 is 0 Å². The third kappa shape index (κ3) is 7.40. The SMILES string of the molecule is CCNC(=NCCN(CC)C(C)C)NC1CCN(c2ncccc2F)C1.I. The molecule has 0 amide bonds. The number of hydrogen-bond donors (Lipinski definition) is 2. The van der Waals surface area contributed by atoms with Crippen LogP contribution in [-0.2, 0) is 0 Å². The van der Waals surface area contributed by atoms with Crippen molar-refractivity contribution in [1.82, 2.24) is 20.5 Å². The number of nitrogens with zero attached hydrogens (tertiary/aromatic N) is 4. The summed E-state index contributed by atoms with van der Waals surface area (Å²) >= 11 is 0. The van der Waals surface area contributed by atoms with Gasteiger partial charge in [-0.25, -0.2) is 9.37 Å². The Bertz CT molecular complexity index is 583. The molecule has 1 saturated heterocycles. The van der Waals surface area contributed by atoms with Gasteiger partial charge in [-0.3, -0.25) is 9.89 Å². The molecule has 0 radical (unpaired) electrons. The van der Waals surface area contributed by atoms with E-state index in [9.17, 15) is 4.39 Å². The number of anilines is 1. The Morgan fingerprint density at radius 3 is 2.85 bits per heavy atom. The van der Waals surface area contributed by atoms with Gasteiger partial charge in [0, 0.05) is 44.5 Å². The van der Waals surface area contributed by atoms with Crippen molar-refractivity contribution in [2.75, 3.05) is 44.2 Å². The van der Waals surface area contributed by atoms with E-state index < -0.39 is 0 Å². The summed E-state index contributed by atoms with van der Waals surface area (Å²) in [6, 6.07) is 3.85. The molecule has 1 atom stereocenters. The Morgan fingerprint density at radius 1 is 1.44 bits per heavy atom.